The van der Waals surface area contributed by atoms with Gasteiger partial charge < -0.3 is 9.47 Å². The second kappa shape index (κ2) is 12.3. The summed E-state index contributed by atoms with van der Waals surface area (Å²) >= 11 is 0. The molecule has 0 spiro atoms. The largest absolute Gasteiger partial charge is 0.490 e. The van der Waals surface area contributed by atoms with Crippen molar-refractivity contribution >= 4 is 5.97 Å². The second-order valence-electron chi connectivity index (χ2n) is 7.19. The first-order chi connectivity index (χ1) is 14.6. The maximum atomic E-state index is 10.9. The number of benzene rings is 2. The van der Waals surface area contributed by atoms with Gasteiger partial charge in [-0.05, 0) is 47.9 Å². The average molecular weight is 405 g/mol. The summed E-state index contributed by atoms with van der Waals surface area (Å²) in [6.45, 7) is 3.98. The fraction of sp³-hybridized carbons (Fsp3) is 0.400. The van der Waals surface area contributed by atoms with Crippen LogP contribution in [0.2, 0.25) is 0 Å². The van der Waals surface area contributed by atoms with E-state index in [2.05, 4.69) is 19.1 Å². The first kappa shape index (κ1) is 23.0. The number of unbranched alkanes of at least 4 members (excludes halogenated alkanes) is 3. The topological polar surface area (TPSA) is 83.1 Å². The van der Waals surface area contributed by atoms with Crippen LogP contribution in [0.25, 0.3) is 0 Å². The number of esters is 1. The Kier molecular flexibility index (Phi) is 9.42. The Balaban J connectivity index is 2.29. The maximum Gasteiger partial charge on any atom is 0.302 e. The normalized spacial score (nSPS) is 11.2. The van der Waals surface area contributed by atoms with Gasteiger partial charge in [-0.1, -0.05) is 44.7 Å². The van der Waals surface area contributed by atoms with Crippen LogP contribution < -0.4 is 4.74 Å². The molecule has 156 valence electrons. The molecule has 0 fully saturated rings. The molecule has 0 aliphatic carbocycles. The molecule has 5 nitrogen and oxygen atoms in total. The van der Waals surface area contributed by atoms with E-state index in [0.29, 0.717) is 16.9 Å². The van der Waals surface area contributed by atoms with Crippen molar-refractivity contribution < 1.29 is 14.3 Å². The third-order valence-corrected chi connectivity index (χ3v) is 4.96. The van der Waals surface area contributed by atoms with Crippen molar-refractivity contribution in [3.63, 3.8) is 0 Å². The highest BCUT2D eigenvalue weighted by molar-refractivity contribution is 5.65. The highest BCUT2D eigenvalue weighted by Crippen LogP contribution is 2.34. The lowest BCUT2D eigenvalue weighted by Crippen LogP contribution is -2.10. The van der Waals surface area contributed by atoms with Crippen LogP contribution in [0.3, 0.4) is 0 Å². The summed E-state index contributed by atoms with van der Waals surface area (Å²) in [7, 11) is 0. The Labute approximate surface area is 178 Å². The van der Waals surface area contributed by atoms with Gasteiger partial charge in [0.2, 0.25) is 0 Å². The van der Waals surface area contributed by atoms with Crippen LogP contribution in [0.15, 0.2) is 42.5 Å². The summed E-state index contributed by atoms with van der Waals surface area (Å²) in [6, 6.07) is 17.5. The van der Waals surface area contributed by atoms with E-state index in [1.807, 2.05) is 30.3 Å². The second-order valence-corrected chi connectivity index (χ2v) is 7.19. The van der Waals surface area contributed by atoms with E-state index < -0.39 is 0 Å². The molecule has 30 heavy (non-hydrogen) atoms. The van der Waals surface area contributed by atoms with Crippen LogP contribution in [-0.4, -0.2) is 19.2 Å². The van der Waals surface area contributed by atoms with E-state index in [9.17, 15) is 10.1 Å². The van der Waals surface area contributed by atoms with Crippen molar-refractivity contribution in [2.75, 3.05) is 13.2 Å². The Hall–Kier alpha value is -3.31. The first-order valence-corrected chi connectivity index (χ1v) is 10.4. The number of nitriles is 2. The number of rotatable bonds is 11. The van der Waals surface area contributed by atoms with E-state index in [1.54, 1.807) is 12.1 Å². The quantitative estimate of drug-likeness (QED) is 0.366. The predicted octanol–water partition coefficient (Wildman–Crippen LogP) is 5.47. The van der Waals surface area contributed by atoms with Gasteiger partial charge in [0.05, 0.1) is 23.3 Å². The van der Waals surface area contributed by atoms with Gasteiger partial charge in [-0.2, -0.15) is 10.5 Å². The number of ether oxygens (including phenoxy) is 2. The molecule has 0 aromatic heterocycles. The zero-order valence-electron chi connectivity index (χ0n) is 17.7. The molecule has 0 amide bonds. The molecule has 0 N–H and O–H groups in total. The smallest absolute Gasteiger partial charge is 0.302 e. The van der Waals surface area contributed by atoms with Gasteiger partial charge in [0, 0.05) is 12.8 Å². The van der Waals surface area contributed by atoms with Gasteiger partial charge in [-0.15, -0.1) is 0 Å². The molecule has 2 aromatic carbocycles. The van der Waals surface area contributed by atoms with Crippen molar-refractivity contribution in [2.45, 2.75) is 51.9 Å². The molecule has 1 atom stereocenters. The standard InChI is InChI=1S/C25H28N2O3/c1-3-4-5-6-7-24(21-10-8-20(17-26)9-11-21)25-16-23(13-12-22(25)18-27)30-15-14-29-19(2)28/h8-13,16,24H,3-7,14-15H2,1-2H3. The van der Waals surface area contributed by atoms with Crippen molar-refractivity contribution in [3.05, 3.63) is 64.7 Å². The summed E-state index contributed by atoms with van der Waals surface area (Å²) < 4.78 is 10.6. The van der Waals surface area contributed by atoms with Gasteiger partial charge in [0.15, 0.2) is 0 Å². The zero-order valence-corrected chi connectivity index (χ0v) is 17.7. The fourth-order valence-electron chi connectivity index (χ4n) is 3.43. The molecular formula is C25H28N2O3. The third-order valence-electron chi connectivity index (χ3n) is 4.96. The Bertz CT molecular complexity index is 907. The number of hydrogen-bond donors (Lipinski definition) is 0. The lowest BCUT2D eigenvalue weighted by atomic mass is 9.84. The molecule has 5 heteroatoms. The molecule has 1 unspecified atom stereocenters. The minimum atomic E-state index is -0.341. The maximum absolute atomic E-state index is 10.9. The molecule has 0 saturated carbocycles. The zero-order chi connectivity index (χ0) is 21.8. The molecule has 2 aromatic rings. The van der Waals surface area contributed by atoms with Crippen LogP contribution in [-0.2, 0) is 9.53 Å². The average Bonchev–Trinajstić information content (AvgIpc) is 2.77. The molecule has 0 radical (unpaired) electrons. The number of hydrogen-bond acceptors (Lipinski definition) is 5. The summed E-state index contributed by atoms with van der Waals surface area (Å²) in [6.07, 6.45) is 5.46. The highest BCUT2D eigenvalue weighted by Gasteiger charge is 2.19. The van der Waals surface area contributed by atoms with Gasteiger partial charge in [0.1, 0.15) is 19.0 Å². The molecule has 0 heterocycles. The monoisotopic (exact) mass is 404 g/mol. The summed E-state index contributed by atoms with van der Waals surface area (Å²) in [5.74, 6) is 0.344. The highest BCUT2D eigenvalue weighted by atomic mass is 16.6. The SMILES string of the molecule is CCCCCCC(c1ccc(C#N)cc1)c1cc(OCCOC(C)=O)ccc1C#N. The Morgan fingerprint density at radius 2 is 1.77 bits per heavy atom. The molecule has 0 saturated heterocycles. The fourth-order valence-corrected chi connectivity index (χ4v) is 3.43. The molecular weight excluding hydrogens is 376 g/mol. The van der Waals surface area contributed by atoms with E-state index >= 15 is 0 Å². The third kappa shape index (κ3) is 6.94. The van der Waals surface area contributed by atoms with Gasteiger partial charge in [-0.25, -0.2) is 0 Å². The summed E-state index contributed by atoms with van der Waals surface area (Å²) in [5, 5.41) is 18.8. The van der Waals surface area contributed by atoms with Gasteiger partial charge in [-0.3, -0.25) is 4.79 Å². The Morgan fingerprint density at radius 1 is 1.00 bits per heavy atom. The van der Waals surface area contributed by atoms with Crippen LogP contribution in [0.1, 0.15) is 74.1 Å². The van der Waals surface area contributed by atoms with Crippen LogP contribution in [0.5, 0.6) is 5.75 Å². The molecule has 0 bridgehead atoms. The van der Waals surface area contributed by atoms with Gasteiger partial charge >= 0.3 is 5.97 Å². The van der Waals surface area contributed by atoms with Crippen molar-refractivity contribution in [2.24, 2.45) is 0 Å². The summed E-state index contributed by atoms with van der Waals surface area (Å²) in [4.78, 5) is 10.9. The minimum Gasteiger partial charge on any atom is -0.490 e. The van der Waals surface area contributed by atoms with Crippen molar-refractivity contribution in [1.29, 1.82) is 10.5 Å². The lowest BCUT2D eigenvalue weighted by Gasteiger charge is -2.20. The summed E-state index contributed by atoms with van der Waals surface area (Å²) in [5.41, 5.74) is 3.24. The van der Waals surface area contributed by atoms with Crippen LogP contribution in [0.4, 0.5) is 0 Å². The first-order valence-electron chi connectivity index (χ1n) is 10.4. The van der Waals surface area contributed by atoms with Crippen molar-refractivity contribution in [1.82, 2.24) is 0 Å². The van der Waals surface area contributed by atoms with E-state index in [1.165, 1.54) is 13.3 Å². The van der Waals surface area contributed by atoms with Crippen molar-refractivity contribution in [3.8, 4) is 17.9 Å². The van der Waals surface area contributed by atoms with Crippen LogP contribution in [0, 0.1) is 22.7 Å². The van der Waals surface area contributed by atoms with E-state index in [0.717, 1.165) is 36.8 Å². The number of nitrogens with zero attached hydrogens (tertiary/aromatic N) is 2. The van der Waals surface area contributed by atoms with E-state index in [-0.39, 0.29) is 25.1 Å². The molecule has 0 aliphatic rings. The molecule has 0 aliphatic heterocycles. The predicted molar refractivity (Wildman–Crippen MR) is 115 cm³/mol. The Morgan fingerprint density at radius 3 is 2.40 bits per heavy atom. The minimum absolute atomic E-state index is 0.0428. The number of carbonyl (C=O) groups is 1. The van der Waals surface area contributed by atoms with Crippen LogP contribution >= 0.6 is 0 Å². The number of carbonyl (C=O) groups excluding carboxylic acids is 1. The van der Waals surface area contributed by atoms with E-state index in [4.69, 9.17) is 14.7 Å². The lowest BCUT2D eigenvalue weighted by molar-refractivity contribution is -0.141. The molecule has 2 rings (SSSR count). The van der Waals surface area contributed by atoms with Gasteiger partial charge in [0.25, 0.3) is 0 Å².